The van der Waals surface area contributed by atoms with Crippen molar-refractivity contribution in [2.45, 2.75) is 17.2 Å². The van der Waals surface area contributed by atoms with E-state index >= 15 is 0 Å². The van der Waals surface area contributed by atoms with E-state index in [-0.39, 0.29) is 19.0 Å². The fraction of sp³-hybridized carbons (Fsp3) is 0.267. The van der Waals surface area contributed by atoms with Crippen LogP contribution in [0.4, 0.5) is 17.6 Å². The molecule has 2 heterocycles. The van der Waals surface area contributed by atoms with E-state index in [0.717, 1.165) is 34.8 Å². The number of alkyl halides is 3. The van der Waals surface area contributed by atoms with Crippen molar-refractivity contribution in [3.63, 3.8) is 0 Å². The molecule has 1 aliphatic heterocycles. The molecular formula is C15H12F4N2O3S. The van der Waals surface area contributed by atoms with Crippen LogP contribution in [0.15, 0.2) is 47.5 Å². The number of benzene rings is 1. The lowest BCUT2D eigenvalue weighted by Crippen LogP contribution is -2.56. The smallest absolute Gasteiger partial charge is 0.416 e. The van der Waals surface area contributed by atoms with Crippen molar-refractivity contribution in [1.82, 2.24) is 9.29 Å². The van der Waals surface area contributed by atoms with Crippen LogP contribution in [0.1, 0.15) is 5.56 Å². The number of hydrogen-bond donors (Lipinski definition) is 0. The van der Waals surface area contributed by atoms with Gasteiger partial charge >= 0.3 is 6.18 Å². The summed E-state index contributed by atoms with van der Waals surface area (Å²) in [5.74, 6) is -1.12. The van der Waals surface area contributed by atoms with E-state index < -0.39 is 38.6 Å². The summed E-state index contributed by atoms with van der Waals surface area (Å²) >= 11 is 0. The highest BCUT2D eigenvalue weighted by Crippen LogP contribution is 2.31. The second-order valence-corrected chi connectivity index (χ2v) is 7.28. The standard InChI is InChI=1S/C15H12F4N2O3S/c16-12-3-1-2-4-13(12)25(22,23)21-8-11(9-21)24-14-7-10(5-6-20-14)15(17,18)19/h1-7,11H,8-9H2. The van der Waals surface area contributed by atoms with E-state index in [0.29, 0.717) is 0 Å². The fourth-order valence-electron chi connectivity index (χ4n) is 2.29. The van der Waals surface area contributed by atoms with Gasteiger partial charge in [0.05, 0.1) is 18.7 Å². The van der Waals surface area contributed by atoms with Gasteiger partial charge in [-0.15, -0.1) is 0 Å². The van der Waals surface area contributed by atoms with Gasteiger partial charge in [0, 0.05) is 12.3 Å². The van der Waals surface area contributed by atoms with Crippen molar-refractivity contribution in [3.05, 3.63) is 54.0 Å². The lowest BCUT2D eigenvalue weighted by atomic mass is 10.2. The molecule has 1 saturated heterocycles. The lowest BCUT2D eigenvalue weighted by Gasteiger charge is -2.37. The number of rotatable bonds is 4. The third-order valence-corrected chi connectivity index (χ3v) is 5.48. The van der Waals surface area contributed by atoms with Gasteiger partial charge in [-0.05, 0) is 18.2 Å². The Morgan fingerprint density at radius 1 is 1.16 bits per heavy atom. The Kier molecular flexibility index (Phi) is 4.41. The van der Waals surface area contributed by atoms with Crippen molar-refractivity contribution >= 4 is 10.0 Å². The first-order valence-electron chi connectivity index (χ1n) is 7.12. The first kappa shape index (κ1) is 17.6. The van der Waals surface area contributed by atoms with E-state index in [1.54, 1.807) is 0 Å². The molecule has 0 aliphatic carbocycles. The molecule has 0 bridgehead atoms. The van der Waals surface area contributed by atoms with Crippen molar-refractivity contribution in [2.24, 2.45) is 0 Å². The number of nitrogens with zero attached hydrogens (tertiary/aromatic N) is 2. The molecule has 1 aliphatic rings. The highest BCUT2D eigenvalue weighted by molar-refractivity contribution is 7.89. The summed E-state index contributed by atoms with van der Waals surface area (Å²) in [5, 5.41) is 0. The molecule has 1 aromatic carbocycles. The Morgan fingerprint density at radius 3 is 2.48 bits per heavy atom. The minimum atomic E-state index is -4.53. The van der Waals surface area contributed by atoms with Crippen LogP contribution in [0.25, 0.3) is 0 Å². The average Bonchev–Trinajstić information content (AvgIpc) is 2.50. The van der Waals surface area contributed by atoms with Crippen molar-refractivity contribution in [3.8, 4) is 5.88 Å². The molecule has 0 saturated carbocycles. The van der Waals surface area contributed by atoms with Crippen molar-refractivity contribution in [1.29, 1.82) is 0 Å². The summed E-state index contributed by atoms with van der Waals surface area (Å²) in [7, 11) is -4.01. The molecule has 0 radical (unpaired) electrons. The molecule has 10 heteroatoms. The van der Waals surface area contributed by atoms with Crippen LogP contribution < -0.4 is 4.74 Å². The SMILES string of the molecule is O=S(=O)(c1ccccc1F)N1CC(Oc2cc(C(F)(F)F)ccn2)C1. The first-order chi connectivity index (χ1) is 11.7. The summed E-state index contributed by atoms with van der Waals surface area (Å²) < 4.78 is 82.4. The van der Waals surface area contributed by atoms with Crippen LogP contribution in [0.5, 0.6) is 5.88 Å². The Morgan fingerprint density at radius 2 is 1.84 bits per heavy atom. The van der Waals surface area contributed by atoms with Gasteiger partial charge in [0.15, 0.2) is 0 Å². The lowest BCUT2D eigenvalue weighted by molar-refractivity contribution is -0.137. The quantitative estimate of drug-likeness (QED) is 0.770. The summed E-state index contributed by atoms with van der Waals surface area (Å²) in [6.07, 6.45) is -4.22. The predicted molar refractivity (Wildman–Crippen MR) is 78.8 cm³/mol. The van der Waals surface area contributed by atoms with Gasteiger partial charge in [-0.25, -0.2) is 17.8 Å². The van der Waals surface area contributed by atoms with Crippen LogP contribution in [0.3, 0.4) is 0 Å². The molecule has 134 valence electrons. The highest BCUT2D eigenvalue weighted by atomic mass is 32.2. The largest absolute Gasteiger partial charge is 0.472 e. The molecule has 0 unspecified atom stereocenters. The minimum absolute atomic E-state index is 0.103. The van der Waals surface area contributed by atoms with Gasteiger partial charge in [0.25, 0.3) is 0 Å². The second kappa shape index (κ2) is 6.26. The molecule has 0 spiro atoms. The molecule has 2 aromatic rings. The van der Waals surface area contributed by atoms with Gasteiger partial charge in [-0.1, -0.05) is 12.1 Å². The van der Waals surface area contributed by atoms with Crippen molar-refractivity contribution in [2.75, 3.05) is 13.1 Å². The third-order valence-electron chi connectivity index (χ3n) is 3.62. The van der Waals surface area contributed by atoms with E-state index in [9.17, 15) is 26.0 Å². The van der Waals surface area contributed by atoms with Gasteiger partial charge in [0.1, 0.15) is 16.8 Å². The average molecular weight is 376 g/mol. The molecule has 25 heavy (non-hydrogen) atoms. The highest BCUT2D eigenvalue weighted by Gasteiger charge is 2.39. The maximum absolute atomic E-state index is 13.7. The van der Waals surface area contributed by atoms with Crippen molar-refractivity contribution < 1.29 is 30.7 Å². The Bertz CT molecular complexity index is 880. The molecule has 3 rings (SSSR count). The van der Waals surface area contributed by atoms with E-state index in [1.807, 2.05) is 0 Å². The maximum atomic E-state index is 13.7. The van der Waals surface area contributed by atoms with E-state index in [2.05, 4.69) is 4.98 Å². The minimum Gasteiger partial charge on any atom is -0.472 e. The Balaban J connectivity index is 1.66. The summed E-state index contributed by atoms with van der Waals surface area (Å²) in [6, 6.07) is 6.50. The molecule has 1 aromatic heterocycles. The number of ether oxygens (including phenoxy) is 1. The number of pyridine rings is 1. The topological polar surface area (TPSA) is 59.5 Å². The number of sulfonamides is 1. The predicted octanol–water partition coefficient (Wildman–Crippen LogP) is 2.69. The molecule has 0 N–H and O–H groups in total. The van der Waals surface area contributed by atoms with Crippen LogP contribution in [0, 0.1) is 5.82 Å². The van der Waals surface area contributed by atoms with Gasteiger partial charge < -0.3 is 4.74 Å². The zero-order valence-corrected chi connectivity index (χ0v) is 13.4. The molecule has 0 amide bonds. The summed E-state index contributed by atoms with van der Waals surface area (Å²) in [6.45, 7) is -0.205. The normalized spacial score (nSPS) is 16.5. The first-order valence-corrected chi connectivity index (χ1v) is 8.56. The fourth-order valence-corrected chi connectivity index (χ4v) is 3.85. The van der Waals surface area contributed by atoms with E-state index in [4.69, 9.17) is 4.74 Å². The number of hydrogen-bond acceptors (Lipinski definition) is 4. The van der Waals surface area contributed by atoms with Gasteiger partial charge in [-0.2, -0.15) is 17.5 Å². The third kappa shape index (κ3) is 3.59. The van der Waals surface area contributed by atoms with Crippen LogP contribution in [-0.4, -0.2) is 36.9 Å². The van der Waals surface area contributed by atoms with Gasteiger partial charge in [-0.3, -0.25) is 0 Å². The summed E-state index contributed by atoms with van der Waals surface area (Å²) in [5.41, 5.74) is -0.910. The molecule has 0 atom stereocenters. The molecule has 5 nitrogen and oxygen atoms in total. The van der Waals surface area contributed by atoms with Crippen LogP contribution in [0.2, 0.25) is 0 Å². The number of halogens is 4. The van der Waals surface area contributed by atoms with Gasteiger partial charge in [0.2, 0.25) is 15.9 Å². The zero-order valence-electron chi connectivity index (χ0n) is 12.6. The monoisotopic (exact) mass is 376 g/mol. The Labute approximate surface area is 140 Å². The number of aromatic nitrogens is 1. The maximum Gasteiger partial charge on any atom is 0.416 e. The van der Waals surface area contributed by atoms with Crippen LogP contribution in [-0.2, 0) is 16.2 Å². The Hall–Kier alpha value is -2.20. The molecular weight excluding hydrogens is 364 g/mol. The summed E-state index contributed by atoms with van der Waals surface area (Å²) in [4.78, 5) is 3.23. The van der Waals surface area contributed by atoms with Crippen LogP contribution >= 0.6 is 0 Å². The molecule has 1 fully saturated rings. The zero-order chi connectivity index (χ0) is 18.2. The van der Waals surface area contributed by atoms with E-state index in [1.165, 1.54) is 12.1 Å². The second-order valence-electron chi connectivity index (χ2n) is 5.37.